The van der Waals surface area contributed by atoms with E-state index in [0.29, 0.717) is 13.2 Å². The minimum atomic E-state index is -0.217. The van der Waals surface area contributed by atoms with Crippen molar-refractivity contribution in [3.63, 3.8) is 0 Å². The summed E-state index contributed by atoms with van der Waals surface area (Å²) in [5, 5.41) is 8.67. The predicted octanol–water partition coefficient (Wildman–Crippen LogP) is 4.11. The number of rotatable bonds is 5. The Kier molecular flexibility index (Phi) is 5.31. The van der Waals surface area contributed by atoms with Crippen LogP contribution in [0.15, 0.2) is 24.3 Å². The van der Waals surface area contributed by atoms with E-state index in [1.54, 1.807) is 16.8 Å². The highest BCUT2D eigenvalue weighted by atomic mass is 32.1. The molecule has 120 valence electrons. The molecule has 0 atom stereocenters. The van der Waals surface area contributed by atoms with Crippen molar-refractivity contribution in [1.82, 2.24) is 14.7 Å². The summed E-state index contributed by atoms with van der Waals surface area (Å²) in [4.78, 5) is 2.09. The molecule has 2 aromatic rings. The summed E-state index contributed by atoms with van der Waals surface area (Å²) in [5.41, 5.74) is 1.01. The van der Waals surface area contributed by atoms with Gasteiger partial charge in [0.2, 0.25) is 5.13 Å². The lowest BCUT2D eigenvalue weighted by atomic mass is 10.1. The zero-order valence-corrected chi connectivity index (χ0v) is 14.9. The number of benzene rings is 1. The van der Waals surface area contributed by atoms with Gasteiger partial charge in [0.15, 0.2) is 3.95 Å². The van der Waals surface area contributed by atoms with Gasteiger partial charge in [-0.1, -0.05) is 23.5 Å². The van der Waals surface area contributed by atoms with E-state index < -0.39 is 0 Å². The van der Waals surface area contributed by atoms with Crippen LogP contribution in [0.1, 0.15) is 26.3 Å². The molecule has 0 fully saturated rings. The Labute approximate surface area is 139 Å². The van der Waals surface area contributed by atoms with Gasteiger partial charge in [0.25, 0.3) is 0 Å². The minimum Gasteiger partial charge on any atom is -0.356 e. The molecule has 1 heterocycles. The summed E-state index contributed by atoms with van der Waals surface area (Å²) in [6.45, 7) is 7.56. The fourth-order valence-corrected chi connectivity index (χ4v) is 3.15. The van der Waals surface area contributed by atoms with E-state index in [1.165, 1.54) is 23.5 Å². The molecule has 4 nitrogen and oxygen atoms in total. The maximum Gasteiger partial charge on any atom is 0.205 e. The summed E-state index contributed by atoms with van der Waals surface area (Å²) < 4.78 is 15.5. The Hall–Kier alpha value is -1.31. The first-order valence-corrected chi connectivity index (χ1v) is 8.24. The summed E-state index contributed by atoms with van der Waals surface area (Å²) in [6, 6.07) is 6.53. The third-order valence-corrected chi connectivity index (χ3v) is 4.05. The highest BCUT2D eigenvalue weighted by molar-refractivity contribution is 7.73. The average Bonchev–Trinajstić information content (AvgIpc) is 2.70. The van der Waals surface area contributed by atoms with Gasteiger partial charge in [-0.2, -0.15) is 0 Å². The first-order valence-electron chi connectivity index (χ1n) is 7.02. The third-order valence-electron chi connectivity index (χ3n) is 2.83. The van der Waals surface area contributed by atoms with Gasteiger partial charge in [-0.3, -0.25) is 4.90 Å². The Morgan fingerprint density at radius 3 is 2.55 bits per heavy atom. The van der Waals surface area contributed by atoms with Crippen LogP contribution in [0.2, 0.25) is 0 Å². The first kappa shape index (κ1) is 17.1. The topological polar surface area (TPSA) is 33.1 Å². The maximum absolute atomic E-state index is 12.9. The Bertz CT molecular complexity index is 670. The van der Waals surface area contributed by atoms with E-state index in [9.17, 15) is 4.39 Å². The van der Waals surface area contributed by atoms with Crippen LogP contribution in [0.5, 0.6) is 0 Å². The van der Waals surface area contributed by atoms with Crippen molar-refractivity contribution < 1.29 is 4.39 Å². The third kappa shape index (κ3) is 5.15. The lowest BCUT2D eigenvalue weighted by molar-refractivity contribution is 0.245. The molecule has 7 heteroatoms. The molecule has 0 aliphatic carbocycles. The SMILES string of the molecule is CN(Cc1ccc(F)cc1)Cn1nc(NC(C)(C)C)sc1=S. The van der Waals surface area contributed by atoms with Crippen molar-refractivity contribution in [1.29, 1.82) is 0 Å². The summed E-state index contributed by atoms with van der Waals surface area (Å²) in [5.74, 6) is -0.217. The van der Waals surface area contributed by atoms with E-state index in [1.807, 2.05) is 7.05 Å². The Morgan fingerprint density at radius 1 is 1.32 bits per heavy atom. The van der Waals surface area contributed by atoms with E-state index >= 15 is 0 Å². The Balaban J connectivity index is 2.01. The highest BCUT2D eigenvalue weighted by Gasteiger charge is 2.13. The average molecular weight is 340 g/mol. The largest absolute Gasteiger partial charge is 0.356 e. The standard InChI is InChI=1S/C15H21FN4S2/c1-15(2,3)17-13-18-20(14(21)22-13)10-19(4)9-11-5-7-12(16)8-6-11/h5-8H,9-10H2,1-4H3,(H,17,18). The molecule has 0 spiro atoms. The van der Waals surface area contributed by atoms with E-state index in [0.717, 1.165) is 14.6 Å². The van der Waals surface area contributed by atoms with Crippen molar-refractivity contribution in [3.05, 3.63) is 39.6 Å². The number of halogens is 1. The van der Waals surface area contributed by atoms with Crippen molar-refractivity contribution in [2.45, 2.75) is 39.5 Å². The maximum atomic E-state index is 12.9. The molecule has 0 bridgehead atoms. The van der Waals surface area contributed by atoms with Gasteiger partial charge < -0.3 is 5.32 Å². The normalized spacial score (nSPS) is 11.9. The molecule has 0 radical (unpaired) electrons. The van der Waals surface area contributed by atoms with Gasteiger partial charge >= 0.3 is 0 Å². The van der Waals surface area contributed by atoms with Crippen LogP contribution in [-0.4, -0.2) is 27.3 Å². The number of aromatic nitrogens is 2. The molecule has 0 aliphatic heterocycles. The second-order valence-corrected chi connectivity index (χ2v) is 7.95. The van der Waals surface area contributed by atoms with Crippen LogP contribution >= 0.6 is 23.6 Å². The molecule has 0 saturated heterocycles. The zero-order valence-electron chi connectivity index (χ0n) is 13.3. The molecule has 0 amide bonds. The number of hydrogen-bond acceptors (Lipinski definition) is 5. The summed E-state index contributed by atoms with van der Waals surface area (Å²) >= 11 is 6.84. The van der Waals surface area contributed by atoms with Crippen molar-refractivity contribution >= 4 is 28.7 Å². The van der Waals surface area contributed by atoms with Crippen molar-refractivity contribution in [2.75, 3.05) is 12.4 Å². The lowest BCUT2D eigenvalue weighted by Gasteiger charge is -2.19. The molecule has 1 aromatic heterocycles. The summed E-state index contributed by atoms with van der Waals surface area (Å²) in [7, 11) is 1.99. The van der Waals surface area contributed by atoms with Gasteiger partial charge in [0, 0.05) is 12.1 Å². The van der Waals surface area contributed by atoms with Crippen LogP contribution < -0.4 is 5.32 Å². The van der Waals surface area contributed by atoms with Gasteiger partial charge in [0.05, 0.1) is 6.67 Å². The van der Waals surface area contributed by atoms with Crippen LogP contribution in [0.25, 0.3) is 0 Å². The molecule has 1 N–H and O–H groups in total. The Morgan fingerprint density at radius 2 is 1.95 bits per heavy atom. The zero-order chi connectivity index (χ0) is 16.3. The quantitative estimate of drug-likeness (QED) is 0.830. The van der Waals surface area contributed by atoms with Crippen LogP contribution in [0, 0.1) is 9.77 Å². The van der Waals surface area contributed by atoms with Crippen molar-refractivity contribution in [2.24, 2.45) is 0 Å². The second-order valence-electron chi connectivity index (χ2n) is 6.33. The number of hydrogen-bond donors (Lipinski definition) is 1. The van der Waals surface area contributed by atoms with E-state index in [4.69, 9.17) is 12.2 Å². The fourth-order valence-electron chi connectivity index (χ4n) is 1.95. The number of anilines is 1. The van der Waals surface area contributed by atoms with E-state index in [2.05, 4.69) is 36.1 Å². The first-order chi connectivity index (χ1) is 10.2. The fraction of sp³-hybridized carbons (Fsp3) is 0.467. The van der Waals surface area contributed by atoms with Crippen LogP contribution in [0.3, 0.4) is 0 Å². The predicted molar refractivity (Wildman–Crippen MR) is 92.2 cm³/mol. The molecular weight excluding hydrogens is 319 g/mol. The van der Waals surface area contributed by atoms with Gasteiger partial charge in [-0.05, 0) is 57.7 Å². The van der Waals surface area contributed by atoms with Crippen molar-refractivity contribution in [3.8, 4) is 0 Å². The summed E-state index contributed by atoms with van der Waals surface area (Å²) in [6.07, 6.45) is 0. The monoisotopic (exact) mass is 340 g/mol. The van der Waals surface area contributed by atoms with Gasteiger partial charge in [0.1, 0.15) is 5.82 Å². The molecule has 1 aromatic carbocycles. The molecule has 0 saturated carbocycles. The van der Waals surface area contributed by atoms with E-state index in [-0.39, 0.29) is 11.4 Å². The molecule has 0 unspecified atom stereocenters. The number of nitrogens with zero attached hydrogens (tertiary/aromatic N) is 3. The molecule has 22 heavy (non-hydrogen) atoms. The number of nitrogens with one attached hydrogen (secondary N) is 1. The van der Waals surface area contributed by atoms with Gasteiger partial charge in [-0.15, -0.1) is 5.10 Å². The second kappa shape index (κ2) is 6.85. The highest BCUT2D eigenvalue weighted by Crippen LogP contribution is 2.19. The molecule has 0 aliphatic rings. The van der Waals surface area contributed by atoms with Crippen LogP contribution in [-0.2, 0) is 13.2 Å². The molecular formula is C15H21FN4S2. The smallest absolute Gasteiger partial charge is 0.205 e. The molecule has 2 rings (SSSR count). The minimum absolute atomic E-state index is 0.0442. The van der Waals surface area contributed by atoms with Crippen LogP contribution in [0.4, 0.5) is 9.52 Å². The van der Waals surface area contributed by atoms with Gasteiger partial charge in [-0.25, -0.2) is 9.07 Å². The lowest BCUT2D eigenvalue weighted by Crippen LogP contribution is -2.26.